The Morgan fingerprint density at radius 2 is 2.19 bits per heavy atom. The Morgan fingerprint density at radius 1 is 1.56 bits per heavy atom. The molecule has 1 rings (SSSR count). The molecule has 90 valence electrons. The van der Waals surface area contributed by atoms with Crippen molar-refractivity contribution in [2.75, 3.05) is 13.2 Å². The van der Waals surface area contributed by atoms with Crippen molar-refractivity contribution in [3.05, 3.63) is 0 Å². The van der Waals surface area contributed by atoms with E-state index in [1.165, 1.54) is 4.90 Å². The number of nitrogens with zero attached hydrogens (tertiary/aromatic N) is 1. The Morgan fingerprint density at radius 3 is 2.69 bits per heavy atom. The average Bonchev–Trinajstić information content (AvgIpc) is 2.21. The fourth-order valence-electron chi connectivity index (χ4n) is 1.50. The fraction of sp³-hybridized carbons (Fsp3) is 0.700. The first-order chi connectivity index (χ1) is 7.47. The van der Waals surface area contributed by atoms with Gasteiger partial charge in [-0.2, -0.15) is 0 Å². The van der Waals surface area contributed by atoms with Crippen LogP contribution in [0.5, 0.6) is 0 Å². The number of carbonyl (C=O) groups excluding carboxylic acids is 3. The number of amides is 2. The number of hydrogen-bond donors (Lipinski definition) is 1. The van der Waals surface area contributed by atoms with Gasteiger partial charge >= 0.3 is 17.8 Å². The van der Waals surface area contributed by atoms with Crippen molar-refractivity contribution >= 4 is 17.8 Å². The molecule has 1 heterocycles. The third-order valence-corrected chi connectivity index (χ3v) is 2.33. The maximum Gasteiger partial charge on any atom is 0.330 e. The first-order valence-electron chi connectivity index (χ1n) is 5.25. The Bertz CT molecular complexity index is 314. The zero-order valence-electron chi connectivity index (χ0n) is 9.65. The van der Waals surface area contributed by atoms with Crippen molar-refractivity contribution in [2.45, 2.75) is 32.9 Å². The van der Waals surface area contributed by atoms with E-state index >= 15 is 0 Å². The minimum absolute atomic E-state index is 0.115. The third-order valence-electron chi connectivity index (χ3n) is 2.33. The summed E-state index contributed by atoms with van der Waals surface area (Å²) in [5, 5.41) is 2.33. The highest BCUT2D eigenvalue weighted by Gasteiger charge is 2.37. The van der Waals surface area contributed by atoms with E-state index in [1.807, 2.05) is 0 Å². The van der Waals surface area contributed by atoms with Crippen LogP contribution in [0.4, 0.5) is 0 Å². The second kappa shape index (κ2) is 4.96. The summed E-state index contributed by atoms with van der Waals surface area (Å²) in [6.07, 6.45) is 0. The molecule has 6 nitrogen and oxygen atoms in total. The van der Waals surface area contributed by atoms with Crippen LogP contribution in [-0.2, 0) is 19.1 Å². The van der Waals surface area contributed by atoms with Gasteiger partial charge in [-0.1, -0.05) is 0 Å². The third kappa shape index (κ3) is 2.50. The molecular formula is C10H16N2O4. The first kappa shape index (κ1) is 12.5. The van der Waals surface area contributed by atoms with Crippen LogP contribution in [0.3, 0.4) is 0 Å². The van der Waals surface area contributed by atoms with Crippen LogP contribution in [0.25, 0.3) is 0 Å². The van der Waals surface area contributed by atoms with Crippen LogP contribution in [-0.4, -0.2) is 47.9 Å². The van der Waals surface area contributed by atoms with Crippen molar-refractivity contribution in [3.63, 3.8) is 0 Å². The molecule has 1 atom stereocenters. The van der Waals surface area contributed by atoms with Crippen LogP contribution in [0.15, 0.2) is 0 Å². The predicted molar refractivity (Wildman–Crippen MR) is 55.4 cm³/mol. The molecular weight excluding hydrogens is 212 g/mol. The van der Waals surface area contributed by atoms with Crippen molar-refractivity contribution in [2.24, 2.45) is 0 Å². The highest BCUT2D eigenvalue weighted by molar-refractivity contribution is 6.36. The molecule has 0 aliphatic carbocycles. The van der Waals surface area contributed by atoms with Gasteiger partial charge in [0.1, 0.15) is 6.04 Å². The topological polar surface area (TPSA) is 75.7 Å². The lowest BCUT2D eigenvalue weighted by molar-refractivity contribution is -0.157. The highest BCUT2D eigenvalue weighted by Crippen LogP contribution is 2.07. The second-order valence-electron chi connectivity index (χ2n) is 3.83. The van der Waals surface area contributed by atoms with Crippen LogP contribution in [0.2, 0.25) is 0 Å². The normalized spacial score (nSPS) is 21.0. The summed E-state index contributed by atoms with van der Waals surface area (Å²) in [7, 11) is 0. The molecule has 0 radical (unpaired) electrons. The minimum Gasteiger partial charge on any atom is -0.464 e. The Labute approximate surface area is 93.9 Å². The lowest BCUT2D eigenvalue weighted by Gasteiger charge is -2.33. The van der Waals surface area contributed by atoms with Crippen molar-refractivity contribution < 1.29 is 19.1 Å². The van der Waals surface area contributed by atoms with Gasteiger partial charge in [0.05, 0.1) is 13.2 Å². The van der Waals surface area contributed by atoms with Crippen LogP contribution >= 0.6 is 0 Å². The summed E-state index contributed by atoms with van der Waals surface area (Å²) in [5.41, 5.74) is 0. The van der Waals surface area contributed by atoms with Crippen molar-refractivity contribution in [1.29, 1.82) is 0 Å². The summed E-state index contributed by atoms with van der Waals surface area (Å²) in [5.74, 6) is -1.86. The standard InChI is InChI=1S/C10H16N2O4/c1-4-16-10(15)7-5-12(6(2)3)9(14)8(13)11-7/h6-7H,4-5H2,1-3H3,(H,11,13)/t7-/m0/s1. The summed E-state index contributed by atoms with van der Waals surface area (Å²) in [6, 6.07) is -0.872. The molecule has 16 heavy (non-hydrogen) atoms. The Kier molecular flexibility index (Phi) is 3.87. The number of rotatable bonds is 3. The smallest absolute Gasteiger partial charge is 0.330 e. The highest BCUT2D eigenvalue weighted by atomic mass is 16.5. The van der Waals surface area contributed by atoms with E-state index in [-0.39, 0.29) is 19.2 Å². The number of ether oxygens (including phenoxy) is 1. The molecule has 1 saturated heterocycles. The van der Waals surface area contributed by atoms with Crippen LogP contribution < -0.4 is 5.32 Å². The SMILES string of the molecule is CCOC(=O)[C@@H]1CN(C(C)C)C(=O)C(=O)N1. The van der Waals surface area contributed by atoms with Crippen LogP contribution in [0.1, 0.15) is 20.8 Å². The lowest BCUT2D eigenvalue weighted by Crippen LogP contribution is -2.62. The van der Waals surface area contributed by atoms with Gasteiger partial charge in [-0.25, -0.2) is 4.79 Å². The van der Waals surface area contributed by atoms with Gasteiger partial charge in [-0.15, -0.1) is 0 Å². The molecule has 0 aromatic carbocycles. The number of nitrogens with one attached hydrogen (secondary N) is 1. The maximum atomic E-state index is 11.5. The van der Waals surface area contributed by atoms with Gasteiger partial charge < -0.3 is 15.0 Å². The summed E-state index contributed by atoms with van der Waals surface area (Å²) >= 11 is 0. The number of esters is 1. The van der Waals surface area contributed by atoms with Gasteiger partial charge in [0.2, 0.25) is 0 Å². The summed E-state index contributed by atoms with van der Waals surface area (Å²) in [6.45, 7) is 5.69. The molecule has 0 aromatic rings. The quantitative estimate of drug-likeness (QED) is 0.511. The maximum absolute atomic E-state index is 11.5. The molecule has 1 aliphatic rings. The molecule has 0 bridgehead atoms. The number of piperazine rings is 1. The van der Waals surface area contributed by atoms with Gasteiger partial charge in [-0.3, -0.25) is 9.59 Å². The molecule has 0 unspecified atom stereocenters. The monoisotopic (exact) mass is 228 g/mol. The van der Waals surface area contributed by atoms with Gasteiger partial charge in [-0.05, 0) is 20.8 Å². The number of carbonyl (C=O) groups is 3. The molecule has 0 aromatic heterocycles. The average molecular weight is 228 g/mol. The zero-order chi connectivity index (χ0) is 12.3. The van der Waals surface area contributed by atoms with Crippen molar-refractivity contribution in [3.8, 4) is 0 Å². The van der Waals surface area contributed by atoms with Gasteiger partial charge in [0.25, 0.3) is 0 Å². The van der Waals surface area contributed by atoms with Crippen LogP contribution in [0, 0.1) is 0 Å². The predicted octanol–water partition coefficient (Wildman–Crippen LogP) is -0.715. The molecule has 0 saturated carbocycles. The lowest BCUT2D eigenvalue weighted by atomic mass is 10.1. The fourth-order valence-corrected chi connectivity index (χ4v) is 1.50. The molecule has 1 N–H and O–H groups in total. The van der Waals surface area contributed by atoms with E-state index in [0.717, 1.165) is 0 Å². The van der Waals surface area contributed by atoms with E-state index < -0.39 is 23.8 Å². The first-order valence-corrected chi connectivity index (χ1v) is 5.25. The Hall–Kier alpha value is -1.59. The molecule has 1 fully saturated rings. The van der Waals surface area contributed by atoms with Gasteiger partial charge in [0, 0.05) is 6.04 Å². The van der Waals surface area contributed by atoms with E-state index in [1.54, 1.807) is 20.8 Å². The van der Waals surface area contributed by atoms with Gasteiger partial charge in [0.15, 0.2) is 0 Å². The van der Waals surface area contributed by atoms with E-state index in [2.05, 4.69) is 5.32 Å². The minimum atomic E-state index is -0.757. The largest absolute Gasteiger partial charge is 0.464 e. The Balaban J connectivity index is 2.74. The molecule has 2 amide bonds. The zero-order valence-corrected chi connectivity index (χ0v) is 9.65. The summed E-state index contributed by atoms with van der Waals surface area (Å²) in [4.78, 5) is 35.6. The molecule has 1 aliphatic heterocycles. The van der Waals surface area contributed by atoms with Crippen molar-refractivity contribution in [1.82, 2.24) is 10.2 Å². The second-order valence-corrected chi connectivity index (χ2v) is 3.83. The van der Waals surface area contributed by atoms with E-state index in [0.29, 0.717) is 0 Å². The number of hydrogen-bond acceptors (Lipinski definition) is 4. The summed E-state index contributed by atoms with van der Waals surface area (Å²) < 4.78 is 4.80. The molecule has 0 spiro atoms. The molecule has 6 heteroatoms. The van der Waals surface area contributed by atoms with E-state index in [4.69, 9.17) is 4.74 Å². The van der Waals surface area contributed by atoms with E-state index in [9.17, 15) is 14.4 Å².